The molecule has 1 fully saturated rings. The number of aromatic nitrogens is 2. The zero-order chi connectivity index (χ0) is 26.4. The number of ether oxygens (including phenoxy) is 1. The van der Waals surface area contributed by atoms with Gasteiger partial charge in [-0.2, -0.15) is 0 Å². The second kappa shape index (κ2) is 9.59. The summed E-state index contributed by atoms with van der Waals surface area (Å²) in [6.45, 7) is 5.44. The number of benzene rings is 3. The van der Waals surface area contributed by atoms with Crippen molar-refractivity contribution in [3.05, 3.63) is 82.9 Å². The van der Waals surface area contributed by atoms with E-state index in [2.05, 4.69) is 34.2 Å². The fourth-order valence-corrected chi connectivity index (χ4v) is 5.61. The third-order valence-corrected chi connectivity index (χ3v) is 7.43. The van der Waals surface area contributed by atoms with E-state index in [1.54, 1.807) is 21.9 Å². The second-order valence-electron chi connectivity index (χ2n) is 10.1. The van der Waals surface area contributed by atoms with Crippen LogP contribution in [0.3, 0.4) is 0 Å². The van der Waals surface area contributed by atoms with Crippen LogP contribution in [0.25, 0.3) is 22.2 Å². The number of H-pyrrole nitrogens is 1. The summed E-state index contributed by atoms with van der Waals surface area (Å²) < 4.78 is 20.1. The van der Waals surface area contributed by atoms with E-state index in [9.17, 15) is 14.0 Å². The van der Waals surface area contributed by atoms with Crippen LogP contribution in [-0.4, -0.2) is 51.3 Å². The van der Waals surface area contributed by atoms with E-state index >= 15 is 0 Å². The zero-order valence-electron chi connectivity index (χ0n) is 21.5. The Hall–Kier alpha value is -4.20. The number of imidazole rings is 1. The number of likely N-dealkylation sites (tertiary alicyclic amines) is 1. The third-order valence-electron chi connectivity index (χ3n) is 7.43. The van der Waals surface area contributed by atoms with Gasteiger partial charge in [0, 0.05) is 24.9 Å². The molecule has 194 valence electrons. The number of Topliss-reactive ketones (excluding diaryl/α,β-unsaturated/α-hetero) is 1. The highest BCUT2D eigenvalue weighted by Crippen LogP contribution is 2.36. The number of nitrogens with zero attached hydrogens (tertiary/aromatic N) is 3. The van der Waals surface area contributed by atoms with E-state index in [1.165, 1.54) is 12.1 Å². The van der Waals surface area contributed by atoms with E-state index in [0.717, 1.165) is 44.9 Å². The maximum absolute atomic E-state index is 14.0. The Morgan fingerprint density at radius 3 is 2.79 bits per heavy atom. The molecule has 0 radical (unpaired) electrons. The lowest BCUT2D eigenvalue weighted by molar-refractivity contribution is -0.122. The topological polar surface area (TPSA) is 78.5 Å². The van der Waals surface area contributed by atoms with Crippen LogP contribution in [0.1, 0.15) is 41.4 Å². The first kappa shape index (κ1) is 24.2. The zero-order valence-corrected chi connectivity index (χ0v) is 21.5. The van der Waals surface area contributed by atoms with Crippen molar-refractivity contribution < 1.29 is 18.7 Å². The number of amides is 2. The minimum Gasteiger partial charge on any atom is -0.491 e. The van der Waals surface area contributed by atoms with Gasteiger partial charge in [0.15, 0.2) is 0 Å². The number of fused-ring (bicyclic) bond motifs is 2. The van der Waals surface area contributed by atoms with Crippen molar-refractivity contribution in [2.24, 2.45) is 0 Å². The molecule has 38 heavy (non-hydrogen) atoms. The first-order chi connectivity index (χ1) is 18.4. The predicted octanol–water partition coefficient (Wildman–Crippen LogP) is 5.71. The summed E-state index contributed by atoms with van der Waals surface area (Å²) in [7, 11) is 0. The van der Waals surface area contributed by atoms with E-state index < -0.39 is 6.04 Å². The number of hydrogen-bond donors (Lipinski definition) is 1. The number of carbonyl (C=O) groups is 2. The lowest BCUT2D eigenvalue weighted by atomic mass is 9.94. The summed E-state index contributed by atoms with van der Waals surface area (Å²) in [4.78, 5) is 37.5. The first-order valence-corrected chi connectivity index (χ1v) is 12.9. The Morgan fingerprint density at radius 2 is 1.95 bits per heavy atom. The number of piperidine rings is 1. The fourth-order valence-electron chi connectivity index (χ4n) is 5.61. The quantitative estimate of drug-likeness (QED) is 0.373. The first-order valence-electron chi connectivity index (χ1n) is 12.9. The Morgan fingerprint density at radius 1 is 1.08 bits per heavy atom. The molecule has 8 heteroatoms. The second-order valence-corrected chi connectivity index (χ2v) is 10.1. The maximum atomic E-state index is 14.0. The van der Waals surface area contributed by atoms with Gasteiger partial charge in [-0.1, -0.05) is 18.2 Å². The molecule has 2 aliphatic heterocycles. The molecule has 3 aromatic carbocycles. The number of nitrogens with one attached hydrogen (secondary N) is 1. The van der Waals surface area contributed by atoms with E-state index in [4.69, 9.17) is 4.74 Å². The maximum Gasteiger partial charge on any atom is 0.320 e. The van der Waals surface area contributed by atoms with Crippen LogP contribution in [0.5, 0.6) is 5.75 Å². The number of ketones is 1. The fraction of sp³-hybridized carbons (Fsp3) is 0.300. The van der Waals surface area contributed by atoms with Crippen LogP contribution in [0.2, 0.25) is 0 Å². The number of rotatable bonds is 2. The normalized spacial score (nSPS) is 17.8. The smallest absolute Gasteiger partial charge is 0.320 e. The molecule has 0 aliphatic carbocycles. The van der Waals surface area contributed by atoms with Crippen LogP contribution in [0.15, 0.2) is 54.6 Å². The van der Waals surface area contributed by atoms with Gasteiger partial charge >= 0.3 is 6.03 Å². The summed E-state index contributed by atoms with van der Waals surface area (Å²) >= 11 is 0. The minimum atomic E-state index is -0.485. The lowest BCUT2D eigenvalue weighted by Crippen LogP contribution is -2.48. The number of aryl methyl sites for hydroxylation is 2. The SMILES string of the molecule is Cc1nc2ccc(-c3cc(C)c4c(c3)CN(C(=O)N3CCC(=O)CC3c3cccc(F)c3)CCO4)cc2[nH]1. The molecule has 7 nitrogen and oxygen atoms in total. The lowest BCUT2D eigenvalue weighted by Gasteiger charge is -2.38. The minimum absolute atomic E-state index is 0.0811. The van der Waals surface area contributed by atoms with Gasteiger partial charge in [0.2, 0.25) is 0 Å². The van der Waals surface area contributed by atoms with Crippen molar-refractivity contribution in [1.29, 1.82) is 0 Å². The van der Waals surface area contributed by atoms with Gasteiger partial charge in [0.05, 0.1) is 30.2 Å². The number of halogens is 1. The van der Waals surface area contributed by atoms with Crippen LogP contribution < -0.4 is 4.74 Å². The molecule has 0 spiro atoms. The standard InChI is InChI=1S/C30H29FN4O3/c1-18-12-22(20-6-7-26-27(15-20)33-19(2)32-26)13-23-17-34(10-11-38-29(18)23)30(37)35-9-8-25(36)16-28(35)21-4-3-5-24(31)14-21/h3-7,12-15,28H,8-11,16-17H2,1-2H3,(H,32,33). The molecular formula is C30H29FN4O3. The van der Waals surface area contributed by atoms with Crippen LogP contribution in [0, 0.1) is 19.7 Å². The summed E-state index contributed by atoms with van der Waals surface area (Å²) in [5.41, 5.74) is 6.57. The number of urea groups is 1. The van der Waals surface area contributed by atoms with Crippen molar-refractivity contribution in [2.45, 2.75) is 39.3 Å². The van der Waals surface area contributed by atoms with Crippen molar-refractivity contribution in [3.8, 4) is 16.9 Å². The average Bonchev–Trinajstić information content (AvgIpc) is 3.13. The monoisotopic (exact) mass is 512 g/mol. The van der Waals surface area contributed by atoms with Crippen molar-refractivity contribution in [1.82, 2.24) is 19.8 Å². The van der Waals surface area contributed by atoms with Crippen molar-refractivity contribution >= 4 is 22.8 Å². The molecule has 2 amide bonds. The molecule has 2 aliphatic rings. The molecule has 6 rings (SSSR count). The summed E-state index contributed by atoms with van der Waals surface area (Å²) in [5, 5.41) is 0. The molecule has 1 saturated heterocycles. The molecular weight excluding hydrogens is 483 g/mol. The number of carbonyl (C=O) groups excluding carboxylic acids is 2. The molecule has 1 aromatic heterocycles. The highest BCUT2D eigenvalue weighted by molar-refractivity contribution is 5.85. The van der Waals surface area contributed by atoms with Crippen LogP contribution in [-0.2, 0) is 11.3 Å². The summed E-state index contributed by atoms with van der Waals surface area (Å²) in [6.07, 6.45) is 0.492. The van der Waals surface area contributed by atoms with Crippen LogP contribution >= 0.6 is 0 Å². The Labute approximate surface area is 220 Å². The highest BCUT2D eigenvalue weighted by atomic mass is 19.1. The number of hydrogen-bond acceptors (Lipinski definition) is 4. The molecule has 4 aromatic rings. The van der Waals surface area contributed by atoms with Gasteiger partial charge in [0.1, 0.15) is 29.8 Å². The largest absolute Gasteiger partial charge is 0.491 e. The average molecular weight is 513 g/mol. The molecule has 1 unspecified atom stereocenters. The van der Waals surface area contributed by atoms with E-state index in [-0.39, 0.29) is 24.1 Å². The van der Waals surface area contributed by atoms with Gasteiger partial charge in [0.25, 0.3) is 0 Å². The number of aromatic amines is 1. The Balaban J connectivity index is 1.31. The highest BCUT2D eigenvalue weighted by Gasteiger charge is 2.35. The van der Waals surface area contributed by atoms with Crippen molar-refractivity contribution in [2.75, 3.05) is 19.7 Å². The van der Waals surface area contributed by atoms with Gasteiger partial charge in [-0.15, -0.1) is 0 Å². The Bertz CT molecular complexity index is 1560. The van der Waals surface area contributed by atoms with Gasteiger partial charge in [-0.25, -0.2) is 14.2 Å². The van der Waals surface area contributed by atoms with Gasteiger partial charge in [-0.3, -0.25) is 4.79 Å². The van der Waals surface area contributed by atoms with Crippen molar-refractivity contribution in [3.63, 3.8) is 0 Å². The molecule has 1 N–H and O–H groups in total. The van der Waals surface area contributed by atoms with Gasteiger partial charge < -0.3 is 19.5 Å². The van der Waals surface area contributed by atoms with E-state index in [0.29, 0.717) is 38.2 Å². The summed E-state index contributed by atoms with van der Waals surface area (Å²) in [5.74, 6) is 1.38. The van der Waals surface area contributed by atoms with Gasteiger partial charge in [-0.05, 0) is 72.5 Å². The molecule has 1 atom stereocenters. The summed E-state index contributed by atoms with van der Waals surface area (Å²) in [6, 6.07) is 15.9. The molecule has 0 saturated carbocycles. The van der Waals surface area contributed by atoms with E-state index in [1.807, 2.05) is 19.9 Å². The molecule has 3 heterocycles. The van der Waals surface area contributed by atoms with Crippen LogP contribution in [0.4, 0.5) is 9.18 Å². The Kier molecular flexibility index (Phi) is 6.10. The molecule has 0 bridgehead atoms. The third kappa shape index (κ3) is 4.51. The predicted molar refractivity (Wildman–Crippen MR) is 142 cm³/mol.